The number of carbonyl (C=O) groups is 2. The predicted octanol–water partition coefficient (Wildman–Crippen LogP) is 3.88. The molecule has 0 radical (unpaired) electrons. The minimum Gasteiger partial charge on any atom is -0.347 e. The van der Waals surface area contributed by atoms with Crippen LogP contribution in [0.1, 0.15) is 11.1 Å². The summed E-state index contributed by atoms with van der Waals surface area (Å²) in [6.45, 7) is 3.72. The Labute approximate surface area is 143 Å². The number of amides is 2. The number of aryl methyl sites for hydroxylation is 2. The van der Waals surface area contributed by atoms with Crippen molar-refractivity contribution in [2.45, 2.75) is 13.8 Å². The van der Waals surface area contributed by atoms with Gasteiger partial charge in [0.05, 0.1) is 11.4 Å². The zero-order valence-electron chi connectivity index (χ0n) is 13.1. The van der Waals surface area contributed by atoms with Gasteiger partial charge in [-0.1, -0.05) is 41.4 Å². The predicted molar refractivity (Wildman–Crippen MR) is 91.3 cm³/mol. The summed E-state index contributed by atoms with van der Waals surface area (Å²) in [6.07, 6.45) is 0. The highest BCUT2D eigenvalue weighted by Gasteiger charge is 2.39. The van der Waals surface area contributed by atoms with Crippen LogP contribution in [0.3, 0.4) is 0 Å². The highest BCUT2D eigenvalue weighted by Crippen LogP contribution is 2.32. The number of anilines is 2. The highest BCUT2D eigenvalue weighted by molar-refractivity contribution is 6.53. The molecule has 2 amide bonds. The van der Waals surface area contributed by atoms with Crippen LogP contribution in [0.5, 0.6) is 0 Å². The second kappa shape index (κ2) is 6.09. The molecule has 1 aliphatic rings. The van der Waals surface area contributed by atoms with Crippen LogP contribution in [-0.4, -0.2) is 11.8 Å². The van der Waals surface area contributed by atoms with E-state index in [0.717, 1.165) is 16.0 Å². The molecule has 24 heavy (non-hydrogen) atoms. The third kappa shape index (κ3) is 2.67. The quantitative estimate of drug-likeness (QED) is 0.860. The minimum absolute atomic E-state index is 0.0780. The monoisotopic (exact) mass is 344 g/mol. The normalized spacial score (nSPS) is 14.6. The highest BCUT2D eigenvalue weighted by atomic mass is 35.5. The molecule has 0 fully saturated rings. The van der Waals surface area contributed by atoms with Crippen molar-refractivity contribution in [2.24, 2.45) is 0 Å². The molecule has 0 aliphatic carbocycles. The van der Waals surface area contributed by atoms with Crippen LogP contribution < -0.4 is 10.2 Å². The number of hydrogen-bond donors (Lipinski definition) is 1. The number of imide groups is 1. The van der Waals surface area contributed by atoms with Crippen LogP contribution in [0.25, 0.3) is 0 Å². The van der Waals surface area contributed by atoms with Crippen molar-refractivity contribution in [3.63, 3.8) is 0 Å². The Kier molecular flexibility index (Phi) is 4.11. The van der Waals surface area contributed by atoms with E-state index in [-0.39, 0.29) is 16.4 Å². The largest absolute Gasteiger partial charge is 0.347 e. The lowest BCUT2D eigenvalue weighted by molar-refractivity contribution is -0.120. The molecule has 0 unspecified atom stereocenters. The summed E-state index contributed by atoms with van der Waals surface area (Å²) in [4.78, 5) is 26.1. The molecule has 0 saturated carbocycles. The van der Waals surface area contributed by atoms with Gasteiger partial charge in [0, 0.05) is 0 Å². The van der Waals surface area contributed by atoms with Gasteiger partial charge in [0.25, 0.3) is 11.8 Å². The fourth-order valence-electron chi connectivity index (χ4n) is 2.58. The summed E-state index contributed by atoms with van der Waals surface area (Å²) in [6, 6.07) is 11.2. The first-order chi connectivity index (χ1) is 11.4. The SMILES string of the molecule is Cc1ccc(N2C(=O)C(Cl)=C(Nc3ccccc3F)C2=O)c(C)c1. The van der Waals surface area contributed by atoms with Crippen LogP contribution in [0.15, 0.2) is 53.2 Å². The molecule has 2 aromatic rings. The molecule has 2 aromatic carbocycles. The first kappa shape index (κ1) is 16.2. The molecule has 3 rings (SSSR count). The topological polar surface area (TPSA) is 49.4 Å². The van der Waals surface area contributed by atoms with Gasteiger partial charge in [-0.05, 0) is 37.6 Å². The van der Waals surface area contributed by atoms with E-state index in [9.17, 15) is 14.0 Å². The fourth-order valence-corrected chi connectivity index (χ4v) is 2.80. The average Bonchev–Trinajstić information content (AvgIpc) is 2.74. The van der Waals surface area contributed by atoms with Gasteiger partial charge in [-0.3, -0.25) is 9.59 Å². The van der Waals surface area contributed by atoms with Gasteiger partial charge in [-0.2, -0.15) is 0 Å². The van der Waals surface area contributed by atoms with E-state index in [1.807, 2.05) is 13.0 Å². The van der Waals surface area contributed by atoms with E-state index in [0.29, 0.717) is 5.69 Å². The Bertz CT molecular complexity index is 892. The molecule has 0 spiro atoms. The number of rotatable bonds is 3. The number of nitrogens with zero attached hydrogens (tertiary/aromatic N) is 1. The molecule has 4 nitrogen and oxygen atoms in total. The number of nitrogens with one attached hydrogen (secondary N) is 1. The van der Waals surface area contributed by atoms with Crippen molar-refractivity contribution in [3.05, 3.63) is 70.1 Å². The number of para-hydroxylation sites is 1. The first-order valence-electron chi connectivity index (χ1n) is 7.27. The lowest BCUT2D eigenvalue weighted by atomic mass is 10.1. The second-order valence-corrected chi connectivity index (χ2v) is 5.91. The standard InChI is InChI=1S/C18H14ClFN2O2/c1-10-7-8-14(11(2)9-10)22-17(23)15(19)16(18(22)24)21-13-6-4-3-5-12(13)20/h3-9,21H,1-2H3. The lowest BCUT2D eigenvalue weighted by Crippen LogP contribution is -2.32. The van der Waals surface area contributed by atoms with Gasteiger partial charge >= 0.3 is 0 Å². The van der Waals surface area contributed by atoms with Crippen molar-refractivity contribution in [1.82, 2.24) is 0 Å². The second-order valence-electron chi connectivity index (χ2n) is 5.53. The zero-order chi connectivity index (χ0) is 17.4. The summed E-state index contributed by atoms with van der Waals surface area (Å²) in [5, 5.41) is 2.37. The molecule has 6 heteroatoms. The Hall–Kier alpha value is -2.66. The van der Waals surface area contributed by atoms with Crippen molar-refractivity contribution in [2.75, 3.05) is 10.2 Å². The van der Waals surface area contributed by atoms with Gasteiger partial charge in [0.1, 0.15) is 16.5 Å². The van der Waals surface area contributed by atoms with Gasteiger partial charge in [-0.15, -0.1) is 0 Å². The molecule has 0 bridgehead atoms. The van der Waals surface area contributed by atoms with Crippen LogP contribution in [0.2, 0.25) is 0 Å². The summed E-state index contributed by atoms with van der Waals surface area (Å²) in [5.74, 6) is -1.78. The molecular formula is C18H14ClFN2O2. The summed E-state index contributed by atoms with van der Waals surface area (Å²) in [7, 11) is 0. The third-order valence-electron chi connectivity index (χ3n) is 3.75. The first-order valence-corrected chi connectivity index (χ1v) is 7.65. The smallest absolute Gasteiger partial charge is 0.283 e. The average molecular weight is 345 g/mol. The molecule has 0 atom stereocenters. The Balaban J connectivity index is 1.97. The number of halogens is 2. The summed E-state index contributed by atoms with van der Waals surface area (Å²) >= 11 is 6.04. The van der Waals surface area contributed by atoms with E-state index in [1.54, 1.807) is 25.1 Å². The number of hydrogen-bond acceptors (Lipinski definition) is 3. The van der Waals surface area contributed by atoms with Crippen molar-refractivity contribution in [1.29, 1.82) is 0 Å². The van der Waals surface area contributed by atoms with Gasteiger partial charge in [0.15, 0.2) is 0 Å². The van der Waals surface area contributed by atoms with Crippen LogP contribution >= 0.6 is 11.6 Å². The van der Waals surface area contributed by atoms with Crippen LogP contribution in [0.4, 0.5) is 15.8 Å². The van der Waals surface area contributed by atoms with Crippen LogP contribution in [0, 0.1) is 19.7 Å². The van der Waals surface area contributed by atoms with Crippen molar-refractivity contribution < 1.29 is 14.0 Å². The van der Waals surface area contributed by atoms with E-state index in [4.69, 9.17) is 11.6 Å². The van der Waals surface area contributed by atoms with Gasteiger partial charge in [0.2, 0.25) is 0 Å². The third-order valence-corrected chi connectivity index (χ3v) is 4.10. The number of benzene rings is 2. The molecule has 1 N–H and O–H groups in total. The van der Waals surface area contributed by atoms with E-state index >= 15 is 0 Å². The molecule has 1 aliphatic heterocycles. The van der Waals surface area contributed by atoms with E-state index in [2.05, 4.69) is 5.32 Å². The Morgan fingerprint density at radius 1 is 1.04 bits per heavy atom. The summed E-state index contributed by atoms with van der Waals surface area (Å²) < 4.78 is 13.8. The van der Waals surface area contributed by atoms with Crippen molar-refractivity contribution >= 4 is 34.8 Å². The minimum atomic E-state index is -0.632. The van der Waals surface area contributed by atoms with E-state index < -0.39 is 17.6 Å². The Morgan fingerprint density at radius 3 is 2.42 bits per heavy atom. The Morgan fingerprint density at radius 2 is 1.75 bits per heavy atom. The lowest BCUT2D eigenvalue weighted by Gasteiger charge is -2.18. The van der Waals surface area contributed by atoms with Crippen LogP contribution in [-0.2, 0) is 9.59 Å². The molecular weight excluding hydrogens is 331 g/mol. The summed E-state index contributed by atoms with van der Waals surface area (Å²) in [5.41, 5.74) is 2.19. The maximum Gasteiger partial charge on any atom is 0.283 e. The molecule has 0 aromatic heterocycles. The van der Waals surface area contributed by atoms with E-state index in [1.165, 1.54) is 18.2 Å². The maximum absolute atomic E-state index is 13.8. The zero-order valence-corrected chi connectivity index (χ0v) is 13.8. The maximum atomic E-state index is 13.8. The number of carbonyl (C=O) groups excluding carboxylic acids is 2. The van der Waals surface area contributed by atoms with Gasteiger partial charge < -0.3 is 5.32 Å². The van der Waals surface area contributed by atoms with Gasteiger partial charge in [-0.25, -0.2) is 9.29 Å². The fraction of sp³-hybridized carbons (Fsp3) is 0.111. The molecule has 0 saturated heterocycles. The van der Waals surface area contributed by atoms with Crippen molar-refractivity contribution in [3.8, 4) is 0 Å². The molecule has 122 valence electrons. The molecule has 1 heterocycles.